The van der Waals surface area contributed by atoms with E-state index in [1.807, 2.05) is 13.8 Å². The maximum atomic E-state index is 12.4. The minimum absolute atomic E-state index is 0.167. The number of aliphatic carboxylic acids is 1. The number of aromatic nitrogens is 1. The van der Waals surface area contributed by atoms with Crippen LogP contribution in [0.5, 0.6) is 0 Å². The van der Waals surface area contributed by atoms with Crippen molar-refractivity contribution < 1.29 is 24.2 Å². The molecule has 0 aliphatic rings. The fourth-order valence-corrected chi connectivity index (χ4v) is 3.32. The first-order valence-corrected chi connectivity index (χ1v) is 10.5. The zero-order valence-corrected chi connectivity index (χ0v) is 18.8. The Labute approximate surface area is 175 Å². The van der Waals surface area contributed by atoms with E-state index in [-0.39, 0.29) is 19.0 Å². The summed E-state index contributed by atoms with van der Waals surface area (Å²) in [7, 11) is 1.58. The normalized spacial score (nSPS) is 13.3. The minimum atomic E-state index is -1.04. The number of carboxylic acid groups (broad SMARTS) is 1. The summed E-state index contributed by atoms with van der Waals surface area (Å²) in [6.07, 6.45) is 1.03. The fourth-order valence-electron chi connectivity index (χ4n) is 2.59. The highest BCUT2D eigenvalue weighted by Gasteiger charge is 2.27. The van der Waals surface area contributed by atoms with Crippen molar-refractivity contribution in [2.45, 2.75) is 72.2 Å². The summed E-state index contributed by atoms with van der Waals surface area (Å²) in [5, 5.41) is 17.1. The Morgan fingerprint density at radius 1 is 1.34 bits per heavy atom. The number of thiazole rings is 1. The summed E-state index contributed by atoms with van der Waals surface area (Å²) in [6.45, 7) is 9.59. The molecule has 164 valence electrons. The molecule has 0 spiro atoms. The van der Waals surface area contributed by atoms with Gasteiger partial charge in [-0.1, -0.05) is 20.3 Å². The quantitative estimate of drug-likeness (QED) is 0.555. The van der Waals surface area contributed by atoms with E-state index in [9.17, 15) is 19.5 Å². The van der Waals surface area contributed by atoms with Gasteiger partial charge < -0.3 is 25.4 Å². The van der Waals surface area contributed by atoms with Gasteiger partial charge in [0.1, 0.15) is 16.7 Å². The van der Waals surface area contributed by atoms with Gasteiger partial charge in [-0.3, -0.25) is 0 Å². The number of hydrogen-bond acceptors (Lipinski definition) is 6. The molecule has 3 N–H and O–H groups in total. The Balaban J connectivity index is 2.57. The van der Waals surface area contributed by atoms with Gasteiger partial charge in [0.15, 0.2) is 0 Å². The van der Waals surface area contributed by atoms with Crippen LogP contribution >= 0.6 is 11.3 Å². The largest absolute Gasteiger partial charge is 0.480 e. The predicted molar refractivity (Wildman–Crippen MR) is 111 cm³/mol. The minimum Gasteiger partial charge on any atom is -0.480 e. The molecule has 0 saturated heterocycles. The van der Waals surface area contributed by atoms with Crippen molar-refractivity contribution in [2.24, 2.45) is 5.92 Å². The van der Waals surface area contributed by atoms with Gasteiger partial charge in [-0.25, -0.2) is 19.4 Å². The van der Waals surface area contributed by atoms with E-state index in [4.69, 9.17) is 4.74 Å². The third-order valence-electron chi connectivity index (χ3n) is 3.99. The molecule has 1 heterocycles. The number of carbonyl (C=O) groups is 3. The lowest BCUT2D eigenvalue weighted by Crippen LogP contribution is -2.49. The van der Waals surface area contributed by atoms with Crippen molar-refractivity contribution in [1.29, 1.82) is 0 Å². The Morgan fingerprint density at radius 2 is 2.00 bits per heavy atom. The molecule has 2 atom stereocenters. The van der Waals surface area contributed by atoms with Crippen molar-refractivity contribution in [3.63, 3.8) is 0 Å². The Hall–Kier alpha value is -2.36. The second-order valence-corrected chi connectivity index (χ2v) is 8.92. The third kappa shape index (κ3) is 9.12. The van der Waals surface area contributed by atoms with Crippen LogP contribution in [0.25, 0.3) is 0 Å². The number of hydrogen-bond donors (Lipinski definition) is 3. The molecule has 0 aliphatic carbocycles. The monoisotopic (exact) mass is 428 g/mol. The number of carboxylic acids is 1. The number of carbonyl (C=O) groups excluding carboxylic acids is 2. The van der Waals surface area contributed by atoms with Gasteiger partial charge in [0, 0.05) is 12.4 Å². The lowest BCUT2D eigenvalue weighted by atomic mass is 9.97. The molecule has 1 rings (SSSR count). The Morgan fingerprint density at radius 3 is 2.55 bits per heavy atom. The summed E-state index contributed by atoms with van der Waals surface area (Å²) in [6, 6.07) is -1.41. The molecule has 1 aromatic rings. The van der Waals surface area contributed by atoms with Gasteiger partial charge in [0.2, 0.25) is 0 Å². The highest BCUT2D eigenvalue weighted by atomic mass is 32.1. The van der Waals surface area contributed by atoms with E-state index in [0.29, 0.717) is 17.1 Å². The molecular formula is C19H32N4O5S. The number of amides is 3. The molecule has 0 fully saturated rings. The molecule has 0 saturated carbocycles. The average molecular weight is 429 g/mol. The molecule has 10 heteroatoms. The van der Waals surface area contributed by atoms with Crippen LogP contribution in [0.1, 0.15) is 58.2 Å². The number of nitrogens with zero attached hydrogens (tertiary/aromatic N) is 2. The second-order valence-electron chi connectivity index (χ2n) is 7.98. The number of alkyl carbamates (subject to hydrolysis) is 1. The summed E-state index contributed by atoms with van der Waals surface area (Å²) >= 11 is 1.36. The van der Waals surface area contributed by atoms with Crippen LogP contribution in [-0.4, -0.2) is 51.8 Å². The number of rotatable bonds is 9. The van der Waals surface area contributed by atoms with Crippen LogP contribution < -0.4 is 10.6 Å². The molecule has 0 bridgehead atoms. The van der Waals surface area contributed by atoms with Crippen molar-refractivity contribution >= 4 is 29.4 Å². The molecule has 3 amide bonds. The summed E-state index contributed by atoms with van der Waals surface area (Å²) in [4.78, 5) is 41.3. The van der Waals surface area contributed by atoms with Crippen LogP contribution in [-0.2, 0) is 22.6 Å². The van der Waals surface area contributed by atoms with Crippen LogP contribution in [0.3, 0.4) is 0 Å². The number of ether oxygens (including phenoxy) is 1. The topological polar surface area (TPSA) is 121 Å². The summed E-state index contributed by atoms with van der Waals surface area (Å²) < 4.78 is 5.17. The second kappa shape index (κ2) is 11.0. The standard InChI is InChI=1S/C19H32N4O5S/c1-7-8-12(2)15(16(24)25)22-17(26)23(6)10-13-11-29-14(21-13)9-20-18(27)28-19(3,4)5/h11-12,15H,7-10H2,1-6H3,(H,20,27)(H,22,26)(H,24,25)/t12-,15-/m0/s1. The van der Waals surface area contributed by atoms with Gasteiger partial charge in [-0.05, 0) is 33.1 Å². The maximum absolute atomic E-state index is 12.4. The van der Waals surface area contributed by atoms with Gasteiger partial charge >= 0.3 is 18.1 Å². The highest BCUT2D eigenvalue weighted by Crippen LogP contribution is 2.14. The maximum Gasteiger partial charge on any atom is 0.408 e. The first-order chi connectivity index (χ1) is 13.4. The van der Waals surface area contributed by atoms with E-state index in [2.05, 4.69) is 15.6 Å². The van der Waals surface area contributed by atoms with Crippen molar-refractivity contribution in [3.8, 4) is 0 Å². The van der Waals surface area contributed by atoms with Crippen LogP contribution in [0, 0.1) is 5.92 Å². The van der Waals surface area contributed by atoms with E-state index >= 15 is 0 Å². The summed E-state index contributed by atoms with van der Waals surface area (Å²) in [5.74, 6) is -1.21. The molecule has 0 aliphatic heterocycles. The van der Waals surface area contributed by atoms with Crippen molar-refractivity contribution in [3.05, 3.63) is 16.1 Å². The molecule has 29 heavy (non-hydrogen) atoms. The van der Waals surface area contributed by atoms with Gasteiger partial charge in [-0.2, -0.15) is 0 Å². The van der Waals surface area contributed by atoms with Crippen LogP contribution in [0.2, 0.25) is 0 Å². The number of nitrogens with one attached hydrogen (secondary N) is 2. The molecule has 0 aromatic carbocycles. The average Bonchev–Trinajstić information content (AvgIpc) is 3.03. The van der Waals surface area contributed by atoms with E-state index in [1.54, 1.807) is 33.2 Å². The molecular weight excluding hydrogens is 396 g/mol. The SMILES string of the molecule is CCC[C@H](C)[C@H](NC(=O)N(C)Cc1csc(CNC(=O)OC(C)(C)C)n1)C(=O)O. The molecule has 9 nitrogen and oxygen atoms in total. The summed E-state index contributed by atoms with van der Waals surface area (Å²) in [5.41, 5.74) is 0.0820. The van der Waals surface area contributed by atoms with E-state index in [0.717, 1.165) is 6.42 Å². The lowest BCUT2D eigenvalue weighted by molar-refractivity contribution is -0.140. The first-order valence-electron chi connectivity index (χ1n) is 9.57. The fraction of sp³-hybridized carbons (Fsp3) is 0.684. The molecule has 0 unspecified atom stereocenters. The van der Waals surface area contributed by atoms with Crippen LogP contribution in [0.15, 0.2) is 5.38 Å². The zero-order chi connectivity index (χ0) is 22.2. The van der Waals surface area contributed by atoms with Crippen molar-refractivity contribution in [1.82, 2.24) is 20.5 Å². The highest BCUT2D eigenvalue weighted by molar-refractivity contribution is 7.09. The first kappa shape index (κ1) is 24.7. The van der Waals surface area contributed by atoms with E-state index in [1.165, 1.54) is 16.2 Å². The van der Waals surface area contributed by atoms with E-state index < -0.39 is 29.7 Å². The van der Waals surface area contributed by atoms with Gasteiger partial charge in [-0.15, -0.1) is 11.3 Å². The van der Waals surface area contributed by atoms with Crippen molar-refractivity contribution in [2.75, 3.05) is 7.05 Å². The van der Waals surface area contributed by atoms with Crippen LogP contribution in [0.4, 0.5) is 9.59 Å². The molecule has 0 radical (unpaired) electrons. The number of urea groups is 1. The third-order valence-corrected chi connectivity index (χ3v) is 4.88. The Kier molecular flexibility index (Phi) is 9.35. The molecule has 1 aromatic heterocycles. The Bertz CT molecular complexity index is 701. The van der Waals surface area contributed by atoms with Gasteiger partial charge in [0.25, 0.3) is 0 Å². The smallest absolute Gasteiger partial charge is 0.408 e. The van der Waals surface area contributed by atoms with Gasteiger partial charge in [0.05, 0.1) is 18.8 Å². The predicted octanol–water partition coefficient (Wildman–Crippen LogP) is 3.20. The lowest BCUT2D eigenvalue weighted by Gasteiger charge is -2.24. The zero-order valence-electron chi connectivity index (χ0n) is 17.9.